The summed E-state index contributed by atoms with van der Waals surface area (Å²) in [7, 11) is 0. The van der Waals surface area contributed by atoms with E-state index in [-0.39, 0.29) is 17.6 Å². The van der Waals surface area contributed by atoms with Crippen LogP contribution in [0.1, 0.15) is 23.7 Å². The Bertz CT molecular complexity index is 545. The van der Waals surface area contributed by atoms with Crippen LogP contribution in [0.2, 0.25) is 10.0 Å². The van der Waals surface area contributed by atoms with Gasteiger partial charge in [-0.3, -0.25) is 4.79 Å². The summed E-state index contributed by atoms with van der Waals surface area (Å²) in [5, 5.41) is 4.04. The van der Waals surface area contributed by atoms with Gasteiger partial charge in [-0.15, -0.1) is 0 Å². The maximum atomic E-state index is 12.8. The number of halogens is 2. The van der Waals surface area contributed by atoms with E-state index in [1.807, 2.05) is 0 Å². The lowest BCUT2D eigenvalue weighted by Crippen LogP contribution is -2.38. The lowest BCUT2D eigenvalue weighted by atomic mass is 9.82. The monoisotopic (exact) mass is 327 g/mol. The van der Waals surface area contributed by atoms with Crippen LogP contribution in [0.15, 0.2) is 24.8 Å². The zero-order valence-electron chi connectivity index (χ0n) is 12.0. The van der Waals surface area contributed by atoms with E-state index >= 15 is 0 Å². The highest BCUT2D eigenvalue weighted by Gasteiger charge is 2.30. The smallest absolute Gasteiger partial charge is 0.170 e. The molecule has 0 saturated carbocycles. The molecule has 1 aromatic carbocycles. The standard InChI is InChI=1S/C16H19Cl2NO2/c1-3-6-21-15-8-14(18)13(17)7-12(15)16(20)11-4-5-19-9-10(11)2/h3,7-8,10-11,19H,1,4-6,9H2,2H3/t10-,11+/m1/s1. The quantitative estimate of drug-likeness (QED) is 0.656. The van der Waals surface area contributed by atoms with Crippen molar-refractivity contribution in [3.05, 3.63) is 40.4 Å². The molecule has 1 aliphatic rings. The van der Waals surface area contributed by atoms with Crippen LogP contribution < -0.4 is 10.1 Å². The average molecular weight is 328 g/mol. The number of carbonyl (C=O) groups excluding carboxylic acids is 1. The SMILES string of the molecule is C=CCOc1cc(Cl)c(Cl)cc1C(=O)[C@H]1CCNC[C@H]1C. The van der Waals surface area contributed by atoms with Gasteiger partial charge in [-0.25, -0.2) is 0 Å². The molecule has 0 bridgehead atoms. The molecule has 114 valence electrons. The van der Waals surface area contributed by atoms with Crippen LogP contribution in [0, 0.1) is 11.8 Å². The van der Waals surface area contributed by atoms with Gasteiger partial charge in [0.05, 0.1) is 15.6 Å². The molecule has 0 spiro atoms. The van der Waals surface area contributed by atoms with Gasteiger partial charge in [0.2, 0.25) is 0 Å². The second kappa shape index (κ2) is 7.30. The molecule has 1 aromatic rings. The minimum atomic E-state index is -0.0189. The van der Waals surface area contributed by atoms with Crippen molar-refractivity contribution < 1.29 is 9.53 Å². The molecule has 21 heavy (non-hydrogen) atoms. The molecule has 0 aliphatic carbocycles. The summed E-state index contributed by atoms with van der Waals surface area (Å²) in [5.41, 5.74) is 0.505. The lowest BCUT2D eigenvalue weighted by molar-refractivity contribution is 0.0844. The molecule has 1 fully saturated rings. The molecule has 1 N–H and O–H groups in total. The fourth-order valence-corrected chi connectivity index (χ4v) is 2.91. The molecule has 5 heteroatoms. The molecule has 0 radical (unpaired) electrons. The predicted octanol–water partition coefficient (Wildman–Crippen LogP) is 3.99. The van der Waals surface area contributed by atoms with Crippen LogP contribution in [0.4, 0.5) is 0 Å². The summed E-state index contributed by atoms with van der Waals surface area (Å²) in [6.07, 6.45) is 2.45. The highest BCUT2D eigenvalue weighted by Crippen LogP contribution is 2.34. The van der Waals surface area contributed by atoms with Gasteiger partial charge in [-0.05, 0) is 31.5 Å². The van der Waals surface area contributed by atoms with E-state index in [4.69, 9.17) is 27.9 Å². The number of ketones is 1. The molecule has 3 nitrogen and oxygen atoms in total. The summed E-state index contributed by atoms with van der Waals surface area (Å²) in [4.78, 5) is 12.8. The van der Waals surface area contributed by atoms with Crippen LogP contribution in [0.25, 0.3) is 0 Å². The Morgan fingerprint density at radius 2 is 2.19 bits per heavy atom. The molecular weight excluding hydrogens is 309 g/mol. The van der Waals surface area contributed by atoms with Gasteiger partial charge in [0.1, 0.15) is 12.4 Å². The number of benzene rings is 1. The first-order valence-electron chi connectivity index (χ1n) is 7.02. The van der Waals surface area contributed by atoms with Crippen molar-refractivity contribution in [3.8, 4) is 5.75 Å². The van der Waals surface area contributed by atoms with Crippen molar-refractivity contribution in [2.75, 3.05) is 19.7 Å². The van der Waals surface area contributed by atoms with Gasteiger partial charge < -0.3 is 10.1 Å². The summed E-state index contributed by atoms with van der Waals surface area (Å²) in [5.74, 6) is 0.809. The third-order valence-electron chi connectivity index (χ3n) is 3.77. The van der Waals surface area contributed by atoms with Crippen LogP contribution in [-0.4, -0.2) is 25.5 Å². The summed E-state index contributed by atoms with van der Waals surface area (Å²) < 4.78 is 5.57. The Morgan fingerprint density at radius 1 is 1.48 bits per heavy atom. The van der Waals surface area contributed by atoms with E-state index in [2.05, 4.69) is 18.8 Å². The fraction of sp³-hybridized carbons (Fsp3) is 0.438. The zero-order valence-corrected chi connectivity index (χ0v) is 13.5. The van der Waals surface area contributed by atoms with E-state index in [1.54, 1.807) is 18.2 Å². The highest BCUT2D eigenvalue weighted by atomic mass is 35.5. The van der Waals surface area contributed by atoms with Crippen LogP contribution >= 0.6 is 23.2 Å². The largest absolute Gasteiger partial charge is 0.489 e. The molecule has 2 rings (SSSR count). The van der Waals surface area contributed by atoms with E-state index in [1.165, 1.54) is 0 Å². The molecular formula is C16H19Cl2NO2. The minimum absolute atomic E-state index is 0.0189. The normalized spacial score (nSPS) is 21.9. The minimum Gasteiger partial charge on any atom is -0.489 e. The van der Waals surface area contributed by atoms with E-state index in [9.17, 15) is 4.79 Å². The van der Waals surface area contributed by atoms with Gasteiger partial charge in [0, 0.05) is 12.0 Å². The van der Waals surface area contributed by atoms with Gasteiger partial charge in [0.25, 0.3) is 0 Å². The van der Waals surface area contributed by atoms with Gasteiger partial charge in [-0.2, -0.15) is 0 Å². The van der Waals surface area contributed by atoms with Crippen LogP contribution in [0.5, 0.6) is 5.75 Å². The lowest BCUT2D eigenvalue weighted by Gasteiger charge is -2.28. The van der Waals surface area contributed by atoms with Gasteiger partial charge >= 0.3 is 0 Å². The van der Waals surface area contributed by atoms with Crippen molar-refractivity contribution >= 4 is 29.0 Å². The maximum absolute atomic E-state index is 12.8. The Balaban J connectivity index is 2.33. The van der Waals surface area contributed by atoms with E-state index in [0.717, 1.165) is 19.5 Å². The van der Waals surface area contributed by atoms with Crippen LogP contribution in [0.3, 0.4) is 0 Å². The van der Waals surface area contributed by atoms with E-state index in [0.29, 0.717) is 28.0 Å². The summed E-state index contributed by atoms with van der Waals surface area (Å²) in [6, 6.07) is 3.21. The molecule has 0 aromatic heterocycles. The van der Waals surface area contributed by atoms with Crippen molar-refractivity contribution in [1.29, 1.82) is 0 Å². The topological polar surface area (TPSA) is 38.3 Å². The van der Waals surface area contributed by atoms with Gasteiger partial charge in [0.15, 0.2) is 5.78 Å². The fourth-order valence-electron chi connectivity index (χ4n) is 2.59. The third-order valence-corrected chi connectivity index (χ3v) is 4.49. The second-order valence-corrected chi connectivity index (χ2v) is 6.12. The van der Waals surface area contributed by atoms with Gasteiger partial charge in [-0.1, -0.05) is 42.8 Å². The number of carbonyl (C=O) groups is 1. The van der Waals surface area contributed by atoms with E-state index < -0.39 is 0 Å². The first-order chi connectivity index (χ1) is 10.0. The summed E-state index contributed by atoms with van der Waals surface area (Å²) in [6.45, 7) is 7.71. The number of ether oxygens (including phenoxy) is 1. The third kappa shape index (κ3) is 3.79. The van der Waals surface area contributed by atoms with Crippen LogP contribution in [-0.2, 0) is 0 Å². The Morgan fingerprint density at radius 3 is 2.86 bits per heavy atom. The number of nitrogens with one attached hydrogen (secondary N) is 1. The molecule has 1 saturated heterocycles. The first kappa shape index (κ1) is 16.3. The molecule has 0 unspecified atom stereocenters. The van der Waals surface area contributed by atoms with Crippen molar-refractivity contribution in [2.24, 2.45) is 11.8 Å². The highest BCUT2D eigenvalue weighted by molar-refractivity contribution is 6.42. The van der Waals surface area contributed by atoms with Crippen molar-refractivity contribution in [3.63, 3.8) is 0 Å². The van der Waals surface area contributed by atoms with Crippen molar-refractivity contribution in [1.82, 2.24) is 5.32 Å². The Hall–Kier alpha value is -1.03. The second-order valence-electron chi connectivity index (χ2n) is 5.30. The number of Topliss-reactive ketones (excluding diaryl/α,β-unsaturated/α-hetero) is 1. The first-order valence-corrected chi connectivity index (χ1v) is 7.77. The Kier molecular flexibility index (Phi) is 5.68. The van der Waals surface area contributed by atoms with Crippen molar-refractivity contribution in [2.45, 2.75) is 13.3 Å². The molecule has 2 atom stereocenters. The average Bonchev–Trinajstić information content (AvgIpc) is 2.48. The zero-order chi connectivity index (χ0) is 15.4. The maximum Gasteiger partial charge on any atom is 0.170 e. The number of hydrogen-bond acceptors (Lipinski definition) is 3. The molecule has 1 aliphatic heterocycles. The molecule has 1 heterocycles. The summed E-state index contributed by atoms with van der Waals surface area (Å²) >= 11 is 12.1. The number of hydrogen-bond donors (Lipinski definition) is 1. The number of piperidine rings is 1. The Labute approximate surface area is 135 Å². The predicted molar refractivity (Wildman–Crippen MR) is 86.6 cm³/mol. The molecule has 0 amide bonds. The number of rotatable bonds is 5.